The fourth-order valence-corrected chi connectivity index (χ4v) is 3.95. The second-order valence-electron chi connectivity index (χ2n) is 6.79. The Labute approximate surface area is 144 Å². The number of likely N-dealkylation sites (tertiary alicyclic amines) is 1. The van der Waals surface area contributed by atoms with Gasteiger partial charge >= 0.3 is 0 Å². The molecule has 0 bridgehead atoms. The number of aryl methyl sites for hydroxylation is 1. The van der Waals surface area contributed by atoms with Crippen molar-refractivity contribution in [2.45, 2.75) is 44.3 Å². The van der Waals surface area contributed by atoms with Crippen LogP contribution in [0.3, 0.4) is 0 Å². The molecule has 5 nitrogen and oxygen atoms in total. The molecule has 2 aliphatic rings. The lowest BCUT2D eigenvalue weighted by molar-refractivity contribution is -0.145. The fraction of sp³-hybridized carbons (Fsp3) is 0.632. The fourth-order valence-electron chi connectivity index (χ4n) is 3.95. The van der Waals surface area contributed by atoms with E-state index in [0.717, 1.165) is 56.6 Å². The zero-order chi connectivity index (χ0) is 17.0. The van der Waals surface area contributed by atoms with Gasteiger partial charge < -0.3 is 14.8 Å². The monoisotopic (exact) mass is 332 g/mol. The molecule has 3 rings (SSSR count). The first-order valence-electron chi connectivity index (χ1n) is 8.94. The molecule has 2 fully saturated rings. The Bertz CT molecular complexity index is 569. The van der Waals surface area contributed by atoms with Gasteiger partial charge in [-0.05, 0) is 37.3 Å². The molecule has 0 aliphatic carbocycles. The summed E-state index contributed by atoms with van der Waals surface area (Å²) >= 11 is 0. The van der Waals surface area contributed by atoms with Crippen LogP contribution in [0, 0.1) is 0 Å². The predicted octanol–water partition coefficient (Wildman–Crippen LogP) is 2.46. The molecule has 1 N–H and O–H groups in total. The van der Waals surface area contributed by atoms with Crippen molar-refractivity contribution < 1.29 is 14.3 Å². The molecule has 1 aromatic carbocycles. The summed E-state index contributed by atoms with van der Waals surface area (Å²) in [4.78, 5) is 14.6. The normalized spacial score (nSPS) is 27.5. The topological polar surface area (TPSA) is 50.8 Å². The van der Waals surface area contributed by atoms with Gasteiger partial charge in [0.1, 0.15) is 0 Å². The van der Waals surface area contributed by atoms with Gasteiger partial charge in [0.2, 0.25) is 5.91 Å². The van der Waals surface area contributed by atoms with E-state index in [2.05, 4.69) is 23.2 Å². The minimum absolute atomic E-state index is 0.0362. The zero-order valence-electron chi connectivity index (χ0n) is 14.7. The van der Waals surface area contributed by atoms with Gasteiger partial charge in [0, 0.05) is 32.5 Å². The summed E-state index contributed by atoms with van der Waals surface area (Å²) in [5.41, 5.74) is 1.95. The number of carbonyl (C=O) groups is 1. The van der Waals surface area contributed by atoms with Crippen molar-refractivity contribution >= 4 is 11.6 Å². The smallest absolute Gasteiger partial charge is 0.238 e. The SMILES string of the molecule is CCc1ccccc1NC(=O)CN1CCC2(CCCO2)C(OC)C1. The van der Waals surface area contributed by atoms with Crippen LogP contribution in [0.1, 0.15) is 31.7 Å². The van der Waals surface area contributed by atoms with E-state index in [9.17, 15) is 4.79 Å². The number of methoxy groups -OCH3 is 1. The summed E-state index contributed by atoms with van der Waals surface area (Å²) in [7, 11) is 1.75. The molecule has 1 spiro atoms. The lowest BCUT2D eigenvalue weighted by Gasteiger charge is -2.44. The molecule has 0 saturated carbocycles. The van der Waals surface area contributed by atoms with Crippen LogP contribution in [0.2, 0.25) is 0 Å². The van der Waals surface area contributed by atoms with E-state index in [1.807, 2.05) is 18.2 Å². The number of hydrogen-bond donors (Lipinski definition) is 1. The molecule has 5 heteroatoms. The Morgan fingerprint density at radius 2 is 2.25 bits per heavy atom. The van der Waals surface area contributed by atoms with Crippen LogP contribution >= 0.6 is 0 Å². The lowest BCUT2D eigenvalue weighted by Crippen LogP contribution is -2.57. The highest BCUT2D eigenvalue weighted by molar-refractivity contribution is 5.93. The van der Waals surface area contributed by atoms with Crippen LogP contribution in [-0.2, 0) is 20.7 Å². The summed E-state index contributed by atoms with van der Waals surface area (Å²) in [6.45, 7) is 4.95. The van der Waals surface area contributed by atoms with Crippen molar-refractivity contribution in [3.63, 3.8) is 0 Å². The molecule has 2 saturated heterocycles. The van der Waals surface area contributed by atoms with Crippen LogP contribution < -0.4 is 5.32 Å². The highest BCUT2D eigenvalue weighted by Crippen LogP contribution is 2.37. The summed E-state index contributed by atoms with van der Waals surface area (Å²) < 4.78 is 11.7. The third kappa shape index (κ3) is 3.63. The first kappa shape index (κ1) is 17.4. The second-order valence-corrected chi connectivity index (χ2v) is 6.79. The number of piperidine rings is 1. The highest BCUT2D eigenvalue weighted by Gasteiger charge is 2.46. The van der Waals surface area contributed by atoms with Gasteiger partial charge in [-0.25, -0.2) is 0 Å². The van der Waals surface area contributed by atoms with E-state index in [-0.39, 0.29) is 17.6 Å². The first-order valence-corrected chi connectivity index (χ1v) is 8.94. The number of para-hydroxylation sites is 1. The lowest BCUT2D eigenvalue weighted by atomic mass is 9.86. The van der Waals surface area contributed by atoms with E-state index in [0.29, 0.717) is 6.54 Å². The van der Waals surface area contributed by atoms with Crippen molar-refractivity contribution in [2.24, 2.45) is 0 Å². The maximum Gasteiger partial charge on any atom is 0.238 e. The summed E-state index contributed by atoms with van der Waals surface area (Å²) in [6, 6.07) is 7.98. The Kier molecular flexibility index (Phi) is 5.54. The van der Waals surface area contributed by atoms with Gasteiger partial charge in [-0.3, -0.25) is 9.69 Å². The standard InChI is InChI=1S/C19H28N2O3/c1-3-15-7-4-5-8-16(15)20-18(22)14-21-11-10-19(9-6-12-24-19)17(13-21)23-2/h4-5,7-8,17H,3,6,9-14H2,1-2H3,(H,20,22). The van der Waals surface area contributed by atoms with Crippen LogP contribution in [0.5, 0.6) is 0 Å². The van der Waals surface area contributed by atoms with Crippen LogP contribution in [0.25, 0.3) is 0 Å². The number of nitrogens with zero attached hydrogens (tertiary/aromatic N) is 1. The summed E-state index contributed by atoms with van der Waals surface area (Å²) in [5.74, 6) is 0.0362. The van der Waals surface area contributed by atoms with Gasteiger partial charge in [0.05, 0.1) is 18.2 Å². The average molecular weight is 332 g/mol. The Balaban J connectivity index is 1.57. The van der Waals surface area contributed by atoms with Gasteiger partial charge in [0.25, 0.3) is 0 Å². The molecule has 2 aliphatic heterocycles. The predicted molar refractivity (Wildman–Crippen MR) is 94.2 cm³/mol. The van der Waals surface area contributed by atoms with Gasteiger partial charge in [-0.2, -0.15) is 0 Å². The van der Waals surface area contributed by atoms with Crippen molar-refractivity contribution in [3.8, 4) is 0 Å². The van der Waals surface area contributed by atoms with E-state index in [1.165, 1.54) is 0 Å². The Morgan fingerprint density at radius 1 is 1.42 bits per heavy atom. The number of rotatable bonds is 5. The van der Waals surface area contributed by atoms with Crippen molar-refractivity contribution in [3.05, 3.63) is 29.8 Å². The quantitative estimate of drug-likeness (QED) is 0.900. The molecule has 132 valence electrons. The molecular weight excluding hydrogens is 304 g/mol. The van der Waals surface area contributed by atoms with E-state index in [4.69, 9.17) is 9.47 Å². The molecule has 1 aromatic rings. The van der Waals surface area contributed by atoms with E-state index >= 15 is 0 Å². The summed E-state index contributed by atoms with van der Waals surface area (Å²) in [6.07, 6.45) is 4.06. The minimum atomic E-state index is -0.128. The van der Waals surface area contributed by atoms with E-state index in [1.54, 1.807) is 7.11 Å². The summed E-state index contributed by atoms with van der Waals surface area (Å²) in [5, 5.41) is 3.05. The van der Waals surface area contributed by atoms with Gasteiger partial charge in [0.15, 0.2) is 0 Å². The molecule has 1 amide bonds. The average Bonchev–Trinajstić information content (AvgIpc) is 3.06. The molecule has 0 aromatic heterocycles. The molecular formula is C19H28N2O3. The number of carbonyl (C=O) groups excluding carboxylic acids is 1. The Hall–Kier alpha value is -1.43. The van der Waals surface area contributed by atoms with Crippen LogP contribution in [-0.4, -0.2) is 55.9 Å². The van der Waals surface area contributed by atoms with Crippen LogP contribution in [0.4, 0.5) is 5.69 Å². The third-order valence-corrected chi connectivity index (χ3v) is 5.32. The maximum absolute atomic E-state index is 12.4. The zero-order valence-corrected chi connectivity index (χ0v) is 14.7. The third-order valence-electron chi connectivity index (χ3n) is 5.32. The largest absolute Gasteiger partial charge is 0.377 e. The van der Waals surface area contributed by atoms with Crippen molar-refractivity contribution in [1.29, 1.82) is 0 Å². The highest BCUT2D eigenvalue weighted by atomic mass is 16.5. The minimum Gasteiger partial charge on any atom is -0.377 e. The molecule has 2 atom stereocenters. The number of benzene rings is 1. The number of hydrogen-bond acceptors (Lipinski definition) is 4. The molecule has 2 heterocycles. The first-order chi connectivity index (χ1) is 11.7. The number of amides is 1. The number of ether oxygens (including phenoxy) is 2. The van der Waals surface area contributed by atoms with Crippen molar-refractivity contribution in [1.82, 2.24) is 4.90 Å². The van der Waals surface area contributed by atoms with Crippen LogP contribution in [0.15, 0.2) is 24.3 Å². The van der Waals surface area contributed by atoms with E-state index < -0.39 is 0 Å². The number of anilines is 1. The Morgan fingerprint density at radius 3 is 2.96 bits per heavy atom. The molecule has 2 unspecified atom stereocenters. The second kappa shape index (κ2) is 7.64. The molecule has 0 radical (unpaired) electrons. The van der Waals surface area contributed by atoms with Gasteiger partial charge in [-0.1, -0.05) is 25.1 Å². The molecule has 24 heavy (non-hydrogen) atoms. The number of nitrogens with one attached hydrogen (secondary N) is 1. The maximum atomic E-state index is 12.4. The van der Waals surface area contributed by atoms with Gasteiger partial charge in [-0.15, -0.1) is 0 Å². The van der Waals surface area contributed by atoms with Crippen molar-refractivity contribution in [2.75, 3.05) is 38.7 Å².